The lowest BCUT2D eigenvalue weighted by Crippen LogP contribution is -2.19. The molecule has 3 aromatic rings. The summed E-state index contributed by atoms with van der Waals surface area (Å²) in [7, 11) is 1.43. The molecule has 122 valence electrons. The predicted molar refractivity (Wildman–Crippen MR) is 91.6 cm³/mol. The number of phenolic OH excluding ortho intramolecular Hbond substituents is 1. The molecule has 5 nitrogen and oxygen atoms in total. The van der Waals surface area contributed by atoms with Gasteiger partial charge in [-0.15, -0.1) is 0 Å². The molecule has 0 aliphatic rings. The van der Waals surface area contributed by atoms with E-state index in [1.54, 1.807) is 18.2 Å². The molecule has 2 aromatic carbocycles. The average Bonchev–Trinajstić information content (AvgIpc) is 2.55. The Morgan fingerprint density at radius 2 is 2.00 bits per heavy atom. The molecule has 0 spiro atoms. The third kappa shape index (κ3) is 2.69. The summed E-state index contributed by atoms with van der Waals surface area (Å²) in [6.07, 6.45) is 0. The van der Waals surface area contributed by atoms with Crippen LogP contribution in [-0.2, 0) is 0 Å². The van der Waals surface area contributed by atoms with E-state index >= 15 is 0 Å². The number of halogens is 1. The fourth-order valence-electron chi connectivity index (χ4n) is 2.41. The highest BCUT2D eigenvalue weighted by Crippen LogP contribution is 2.33. The zero-order valence-electron chi connectivity index (χ0n) is 12.6. The SMILES string of the molecule is COc1cc(-c2cc(F)c3oc(=N)c(C(N)=S)cc3c2)ccc1O. The molecule has 0 atom stereocenters. The van der Waals surface area contributed by atoms with Gasteiger partial charge in [0, 0.05) is 5.39 Å². The van der Waals surface area contributed by atoms with E-state index in [-0.39, 0.29) is 33.2 Å². The van der Waals surface area contributed by atoms with Crippen molar-refractivity contribution in [2.24, 2.45) is 5.73 Å². The Morgan fingerprint density at radius 3 is 2.67 bits per heavy atom. The molecular weight excluding hydrogens is 331 g/mol. The molecule has 0 saturated carbocycles. The molecule has 3 rings (SSSR count). The summed E-state index contributed by atoms with van der Waals surface area (Å²) in [5.41, 5.74) is 6.67. The van der Waals surface area contributed by atoms with Crippen LogP contribution < -0.4 is 16.0 Å². The Labute approximate surface area is 141 Å². The molecule has 0 amide bonds. The molecule has 0 radical (unpaired) electrons. The summed E-state index contributed by atoms with van der Waals surface area (Å²) in [6.45, 7) is 0. The second-order valence-corrected chi connectivity index (χ2v) is 5.56. The number of nitrogens with two attached hydrogens (primary N) is 1. The fraction of sp³-hybridized carbons (Fsp3) is 0.0588. The van der Waals surface area contributed by atoms with E-state index in [4.69, 9.17) is 32.5 Å². The first-order chi connectivity index (χ1) is 11.4. The maximum atomic E-state index is 14.4. The van der Waals surface area contributed by atoms with Crippen molar-refractivity contribution in [1.29, 1.82) is 5.41 Å². The number of hydrogen-bond acceptors (Lipinski definition) is 5. The highest BCUT2D eigenvalue weighted by Gasteiger charge is 2.13. The Bertz CT molecular complexity index is 1030. The van der Waals surface area contributed by atoms with Gasteiger partial charge in [-0.1, -0.05) is 18.3 Å². The predicted octanol–water partition coefficient (Wildman–Crippen LogP) is 3.07. The van der Waals surface area contributed by atoms with Crippen molar-refractivity contribution in [1.82, 2.24) is 0 Å². The molecule has 0 fully saturated rings. The number of rotatable bonds is 3. The number of fused-ring (bicyclic) bond motifs is 1. The van der Waals surface area contributed by atoms with Crippen LogP contribution in [0.2, 0.25) is 0 Å². The van der Waals surface area contributed by atoms with E-state index in [0.717, 1.165) is 0 Å². The van der Waals surface area contributed by atoms with Gasteiger partial charge in [-0.05, 0) is 41.5 Å². The van der Waals surface area contributed by atoms with Gasteiger partial charge in [0.1, 0.15) is 4.99 Å². The van der Waals surface area contributed by atoms with Crippen molar-refractivity contribution >= 4 is 28.2 Å². The van der Waals surface area contributed by atoms with Crippen LogP contribution in [-0.4, -0.2) is 17.2 Å². The largest absolute Gasteiger partial charge is 0.504 e. The number of aromatic hydroxyl groups is 1. The topological polar surface area (TPSA) is 92.5 Å². The van der Waals surface area contributed by atoms with E-state index in [0.29, 0.717) is 16.5 Å². The molecular formula is C17H13FN2O3S. The van der Waals surface area contributed by atoms with E-state index in [1.165, 1.54) is 25.3 Å². The minimum absolute atomic E-state index is 0.00256. The summed E-state index contributed by atoms with van der Waals surface area (Å²) in [6, 6.07) is 9.21. The molecule has 0 aliphatic carbocycles. The summed E-state index contributed by atoms with van der Waals surface area (Å²) >= 11 is 4.88. The summed E-state index contributed by atoms with van der Waals surface area (Å²) < 4.78 is 24.7. The Hall–Kier alpha value is -2.93. The minimum Gasteiger partial charge on any atom is -0.504 e. The second-order valence-electron chi connectivity index (χ2n) is 5.12. The minimum atomic E-state index is -0.613. The number of phenols is 1. The molecule has 1 heterocycles. The van der Waals surface area contributed by atoms with E-state index in [9.17, 15) is 9.50 Å². The normalized spacial score (nSPS) is 10.8. The number of thiocarbonyl (C=S) groups is 1. The standard InChI is InChI=1S/C17H13FN2O3S/c1-22-14-7-8(2-3-13(14)21)9-4-10-5-11(17(20)24)16(19)23-15(10)12(18)6-9/h2-7,19,21H,1H3,(H2,20,24). The molecule has 0 unspecified atom stereocenters. The van der Waals surface area contributed by atoms with Gasteiger partial charge >= 0.3 is 0 Å². The van der Waals surface area contributed by atoms with Crippen LogP contribution >= 0.6 is 12.2 Å². The van der Waals surface area contributed by atoms with Gasteiger partial charge in [0.2, 0.25) is 5.55 Å². The molecule has 24 heavy (non-hydrogen) atoms. The van der Waals surface area contributed by atoms with Gasteiger partial charge in [-0.25, -0.2) is 4.39 Å². The molecule has 0 bridgehead atoms. The van der Waals surface area contributed by atoms with Gasteiger partial charge in [0.05, 0.1) is 12.7 Å². The number of benzene rings is 2. The van der Waals surface area contributed by atoms with Crippen LogP contribution in [0.1, 0.15) is 5.56 Å². The maximum Gasteiger partial charge on any atom is 0.222 e. The monoisotopic (exact) mass is 344 g/mol. The number of nitrogens with one attached hydrogen (secondary N) is 1. The smallest absolute Gasteiger partial charge is 0.222 e. The van der Waals surface area contributed by atoms with Gasteiger partial charge in [0.25, 0.3) is 0 Å². The number of hydrogen-bond donors (Lipinski definition) is 3. The Kier molecular flexibility index (Phi) is 3.94. The molecule has 7 heteroatoms. The number of ether oxygens (including phenoxy) is 1. The van der Waals surface area contributed by atoms with E-state index < -0.39 is 5.82 Å². The first-order valence-electron chi connectivity index (χ1n) is 6.90. The quantitative estimate of drug-likeness (QED) is 0.635. The molecule has 4 N–H and O–H groups in total. The Balaban J connectivity index is 2.25. The zero-order chi connectivity index (χ0) is 17.4. The van der Waals surface area contributed by atoms with Gasteiger partial charge in [-0.3, -0.25) is 5.41 Å². The molecule has 0 saturated heterocycles. The lowest BCUT2D eigenvalue weighted by Gasteiger charge is -2.09. The van der Waals surface area contributed by atoms with Gasteiger partial charge < -0.3 is 20.0 Å². The first kappa shape index (κ1) is 15.9. The summed E-state index contributed by atoms with van der Waals surface area (Å²) in [4.78, 5) is 0.00256. The fourth-order valence-corrected chi connectivity index (χ4v) is 2.57. The third-order valence-electron chi connectivity index (χ3n) is 3.60. The Morgan fingerprint density at radius 1 is 1.25 bits per heavy atom. The van der Waals surface area contributed by atoms with Crippen molar-refractivity contribution in [2.45, 2.75) is 0 Å². The van der Waals surface area contributed by atoms with Crippen LogP contribution in [0.4, 0.5) is 4.39 Å². The second kappa shape index (κ2) is 5.93. The highest BCUT2D eigenvalue weighted by atomic mass is 32.1. The highest BCUT2D eigenvalue weighted by molar-refractivity contribution is 7.80. The summed E-state index contributed by atoms with van der Waals surface area (Å²) in [5.74, 6) is -0.340. The molecule has 0 aliphatic heterocycles. The first-order valence-corrected chi connectivity index (χ1v) is 7.30. The van der Waals surface area contributed by atoms with E-state index in [2.05, 4.69) is 0 Å². The molecule has 1 aromatic heterocycles. The van der Waals surface area contributed by atoms with E-state index in [1.807, 2.05) is 0 Å². The lowest BCUT2D eigenvalue weighted by molar-refractivity contribution is 0.373. The third-order valence-corrected chi connectivity index (χ3v) is 3.82. The van der Waals surface area contributed by atoms with Crippen LogP contribution in [0.3, 0.4) is 0 Å². The van der Waals surface area contributed by atoms with Gasteiger partial charge in [0.15, 0.2) is 22.9 Å². The zero-order valence-corrected chi connectivity index (χ0v) is 13.4. The van der Waals surface area contributed by atoms with Gasteiger partial charge in [-0.2, -0.15) is 0 Å². The van der Waals surface area contributed by atoms with Crippen molar-refractivity contribution < 1.29 is 18.7 Å². The lowest BCUT2D eigenvalue weighted by atomic mass is 10.0. The van der Waals surface area contributed by atoms with Crippen molar-refractivity contribution in [3.63, 3.8) is 0 Å². The van der Waals surface area contributed by atoms with Crippen LogP contribution in [0.5, 0.6) is 11.5 Å². The van der Waals surface area contributed by atoms with Crippen LogP contribution in [0, 0.1) is 11.2 Å². The maximum absolute atomic E-state index is 14.4. The summed E-state index contributed by atoms with van der Waals surface area (Å²) in [5, 5.41) is 17.8. The van der Waals surface area contributed by atoms with Crippen molar-refractivity contribution in [3.05, 3.63) is 53.3 Å². The average molecular weight is 344 g/mol. The van der Waals surface area contributed by atoms with Crippen molar-refractivity contribution in [3.8, 4) is 22.6 Å². The number of methoxy groups -OCH3 is 1. The van der Waals surface area contributed by atoms with Crippen LogP contribution in [0.15, 0.2) is 40.8 Å². The van der Waals surface area contributed by atoms with Crippen molar-refractivity contribution in [2.75, 3.05) is 7.11 Å². The van der Waals surface area contributed by atoms with Crippen LogP contribution in [0.25, 0.3) is 22.1 Å².